The van der Waals surface area contributed by atoms with Gasteiger partial charge in [0.2, 0.25) is 0 Å². The number of nitrogens with two attached hydrogens (primary N) is 2. The molecule has 2 rings (SSSR count). The zero-order valence-corrected chi connectivity index (χ0v) is 24.1. The second-order valence-electron chi connectivity index (χ2n) is 11.0. The second-order valence-corrected chi connectivity index (χ2v) is 11.3. The molecule has 11 atom stereocenters. The SMILES string of the molecule is CC(C)/C=C/[C@@H](C[C@@H]1O[C@](O)(C[C@@H](O)C(C)C=S)CC[C@H]1NC(=O)NCCN)OC1OC(C)C(O)C(N)C1O. The lowest BCUT2D eigenvalue weighted by Gasteiger charge is -2.45. The molecule has 0 bridgehead atoms. The third kappa shape index (κ3) is 10.3. The molecule has 2 amide bonds. The summed E-state index contributed by atoms with van der Waals surface area (Å²) in [6, 6.07) is -1.88. The molecule has 2 saturated heterocycles. The molecule has 12 nitrogen and oxygen atoms in total. The minimum absolute atomic E-state index is 0.0635. The summed E-state index contributed by atoms with van der Waals surface area (Å²) >= 11 is 4.95. The van der Waals surface area contributed by atoms with Gasteiger partial charge in [-0.1, -0.05) is 45.1 Å². The lowest BCUT2D eigenvalue weighted by molar-refractivity contribution is -0.292. The van der Waals surface area contributed by atoms with Crippen molar-refractivity contribution in [1.82, 2.24) is 10.6 Å². The first-order valence-corrected chi connectivity index (χ1v) is 14.2. The number of hydrogen-bond donors (Lipinski definition) is 8. The summed E-state index contributed by atoms with van der Waals surface area (Å²) in [6.07, 6.45) is -2.05. The molecule has 0 aliphatic carbocycles. The van der Waals surface area contributed by atoms with E-state index in [9.17, 15) is 25.2 Å². The van der Waals surface area contributed by atoms with Gasteiger partial charge in [-0.25, -0.2) is 4.79 Å². The zero-order valence-electron chi connectivity index (χ0n) is 23.3. The van der Waals surface area contributed by atoms with E-state index in [1.807, 2.05) is 26.0 Å². The number of amides is 2. The maximum atomic E-state index is 12.5. The van der Waals surface area contributed by atoms with Gasteiger partial charge in [0.1, 0.15) is 6.10 Å². The number of allylic oxidation sites excluding steroid dienone is 1. The van der Waals surface area contributed by atoms with Gasteiger partial charge in [0, 0.05) is 38.3 Å². The predicted octanol–water partition coefficient (Wildman–Crippen LogP) is -0.351. The molecule has 2 aliphatic heterocycles. The number of thiocarbonyl (C=S) groups is 1. The molecule has 2 aliphatic rings. The summed E-state index contributed by atoms with van der Waals surface area (Å²) in [5.41, 5.74) is 11.5. The Morgan fingerprint density at radius 2 is 1.95 bits per heavy atom. The standard InChI is InChI=1S/C26H48N4O8S/c1-14(2)5-6-17(37-24-23(33)21(28)22(32)16(4)36-24)11-20-18(30-25(34)29-10-9-27)7-8-26(35,38-20)12-19(31)15(3)13-39/h5-6,13-24,31-33,35H,7-12,27-28H2,1-4H3,(H2,29,30,34)/b6-5+/t15?,16?,17-,18+,19+,20-,21?,22?,23?,24?,26-/m0/s1. The van der Waals surface area contributed by atoms with E-state index in [2.05, 4.69) is 10.6 Å². The summed E-state index contributed by atoms with van der Waals surface area (Å²) < 4.78 is 18.0. The summed E-state index contributed by atoms with van der Waals surface area (Å²) in [7, 11) is 0. The Balaban J connectivity index is 2.28. The highest BCUT2D eigenvalue weighted by Crippen LogP contribution is 2.35. The monoisotopic (exact) mass is 576 g/mol. The number of carbonyl (C=O) groups is 1. The Morgan fingerprint density at radius 1 is 1.26 bits per heavy atom. The minimum Gasteiger partial charge on any atom is -0.392 e. The Hall–Kier alpha value is -1.26. The van der Waals surface area contributed by atoms with Crippen LogP contribution in [0.5, 0.6) is 0 Å². The molecule has 226 valence electrons. The van der Waals surface area contributed by atoms with Gasteiger partial charge in [-0.15, -0.1) is 0 Å². The Kier molecular flexibility index (Phi) is 13.6. The molecule has 6 unspecified atom stereocenters. The average Bonchev–Trinajstić information content (AvgIpc) is 2.88. The summed E-state index contributed by atoms with van der Waals surface area (Å²) in [5, 5.41) is 49.6. The van der Waals surface area contributed by atoms with Crippen molar-refractivity contribution in [2.24, 2.45) is 23.3 Å². The molecular formula is C26H48N4O8S. The van der Waals surface area contributed by atoms with Crippen molar-refractivity contribution in [3.8, 4) is 0 Å². The van der Waals surface area contributed by atoms with Crippen LogP contribution in [0.25, 0.3) is 0 Å². The van der Waals surface area contributed by atoms with E-state index in [1.165, 1.54) is 5.37 Å². The molecule has 13 heteroatoms. The smallest absolute Gasteiger partial charge is 0.315 e. The highest BCUT2D eigenvalue weighted by molar-refractivity contribution is 7.79. The maximum Gasteiger partial charge on any atom is 0.315 e. The number of nitrogens with one attached hydrogen (secondary N) is 2. The molecular weight excluding hydrogens is 528 g/mol. The van der Waals surface area contributed by atoms with Gasteiger partial charge < -0.3 is 56.7 Å². The number of aliphatic hydroxyl groups is 4. The van der Waals surface area contributed by atoms with Crippen LogP contribution in [0.2, 0.25) is 0 Å². The van der Waals surface area contributed by atoms with Crippen LogP contribution in [0.4, 0.5) is 4.79 Å². The fraction of sp³-hybridized carbons (Fsp3) is 0.846. The first-order valence-electron chi connectivity index (χ1n) is 13.7. The minimum atomic E-state index is -1.66. The van der Waals surface area contributed by atoms with Gasteiger partial charge >= 0.3 is 6.03 Å². The maximum absolute atomic E-state index is 12.5. The van der Waals surface area contributed by atoms with Crippen LogP contribution in [-0.4, -0.2) is 106 Å². The van der Waals surface area contributed by atoms with Gasteiger partial charge in [-0.05, 0) is 24.6 Å². The van der Waals surface area contributed by atoms with Crippen molar-refractivity contribution in [2.45, 2.75) is 114 Å². The largest absolute Gasteiger partial charge is 0.392 e. The molecule has 0 aromatic rings. The number of urea groups is 1. The van der Waals surface area contributed by atoms with Crippen molar-refractivity contribution in [2.75, 3.05) is 13.1 Å². The highest BCUT2D eigenvalue weighted by atomic mass is 32.1. The summed E-state index contributed by atoms with van der Waals surface area (Å²) in [6.45, 7) is 7.96. The molecule has 0 spiro atoms. The first kappa shape index (κ1) is 33.9. The van der Waals surface area contributed by atoms with E-state index in [4.69, 9.17) is 37.9 Å². The molecule has 0 saturated carbocycles. The van der Waals surface area contributed by atoms with Crippen molar-refractivity contribution >= 4 is 23.6 Å². The quantitative estimate of drug-likeness (QED) is 0.105. The van der Waals surface area contributed by atoms with E-state index >= 15 is 0 Å². The normalized spacial score (nSPS) is 35.9. The summed E-state index contributed by atoms with van der Waals surface area (Å²) in [4.78, 5) is 12.5. The summed E-state index contributed by atoms with van der Waals surface area (Å²) in [5.74, 6) is -1.81. The molecule has 0 radical (unpaired) electrons. The van der Waals surface area contributed by atoms with Crippen LogP contribution in [0.1, 0.15) is 53.4 Å². The van der Waals surface area contributed by atoms with Gasteiger partial charge in [0.05, 0.1) is 42.6 Å². The highest BCUT2D eigenvalue weighted by Gasteiger charge is 2.45. The molecule has 10 N–H and O–H groups in total. The Bertz CT molecular complexity index is 808. The number of carbonyl (C=O) groups excluding carboxylic acids is 1. The number of ether oxygens (including phenoxy) is 3. The van der Waals surface area contributed by atoms with Crippen molar-refractivity contribution < 1.29 is 39.4 Å². The van der Waals surface area contributed by atoms with Crippen LogP contribution in [-0.2, 0) is 14.2 Å². The van der Waals surface area contributed by atoms with Gasteiger partial charge in [0.25, 0.3) is 0 Å². The van der Waals surface area contributed by atoms with Crippen LogP contribution >= 0.6 is 12.2 Å². The van der Waals surface area contributed by atoms with E-state index in [1.54, 1.807) is 13.8 Å². The average molecular weight is 577 g/mol. The van der Waals surface area contributed by atoms with E-state index in [0.717, 1.165) is 0 Å². The third-order valence-electron chi connectivity index (χ3n) is 7.14. The molecule has 39 heavy (non-hydrogen) atoms. The lowest BCUT2D eigenvalue weighted by Crippen LogP contribution is -2.62. The van der Waals surface area contributed by atoms with Crippen LogP contribution in [0.3, 0.4) is 0 Å². The number of hydrogen-bond acceptors (Lipinski definition) is 11. The fourth-order valence-electron chi connectivity index (χ4n) is 4.63. The van der Waals surface area contributed by atoms with Crippen LogP contribution in [0, 0.1) is 11.8 Å². The number of rotatable bonds is 13. The van der Waals surface area contributed by atoms with Gasteiger partial charge in [0.15, 0.2) is 12.1 Å². The fourth-order valence-corrected chi connectivity index (χ4v) is 4.82. The zero-order chi connectivity index (χ0) is 29.3. The third-order valence-corrected chi connectivity index (χ3v) is 7.57. The topological polar surface area (TPSA) is 202 Å². The second kappa shape index (κ2) is 15.7. The van der Waals surface area contributed by atoms with Crippen molar-refractivity contribution in [1.29, 1.82) is 0 Å². The van der Waals surface area contributed by atoms with E-state index in [-0.39, 0.29) is 37.6 Å². The van der Waals surface area contributed by atoms with Crippen molar-refractivity contribution in [3.05, 3.63) is 12.2 Å². The van der Waals surface area contributed by atoms with E-state index < -0.39 is 66.8 Å². The molecule has 0 aromatic heterocycles. The van der Waals surface area contributed by atoms with E-state index in [0.29, 0.717) is 13.0 Å². The Morgan fingerprint density at radius 3 is 2.56 bits per heavy atom. The number of aliphatic hydroxyl groups excluding tert-OH is 3. The first-order chi connectivity index (χ1) is 18.3. The van der Waals surface area contributed by atoms with Crippen molar-refractivity contribution in [3.63, 3.8) is 0 Å². The molecule has 2 fully saturated rings. The van der Waals surface area contributed by atoms with Gasteiger partial charge in [-0.3, -0.25) is 0 Å². The lowest BCUT2D eigenvalue weighted by atomic mass is 9.88. The Labute approximate surface area is 236 Å². The predicted molar refractivity (Wildman–Crippen MR) is 150 cm³/mol. The molecule has 2 heterocycles. The van der Waals surface area contributed by atoms with Crippen LogP contribution in [0.15, 0.2) is 12.2 Å². The van der Waals surface area contributed by atoms with Gasteiger partial charge in [-0.2, -0.15) is 0 Å². The van der Waals surface area contributed by atoms with Crippen LogP contribution < -0.4 is 22.1 Å². The molecule has 0 aromatic carbocycles.